The van der Waals surface area contributed by atoms with Crippen LogP contribution in [0.1, 0.15) is 11.6 Å². The number of rotatable bonds is 4. The number of carbonyl (C=O) groups is 2. The molecule has 2 aromatic rings. The lowest BCUT2D eigenvalue weighted by atomic mass is 9.95. The molecule has 0 saturated carbocycles. The van der Waals surface area contributed by atoms with Crippen LogP contribution in [0.25, 0.3) is 5.70 Å². The molecule has 1 aromatic heterocycles. The van der Waals surface area contributed by atoms with Crippen molar-refractivity contribution in [1.82, 2.24) is 14.8 Å². The summed E-state index contributed by atoms with van der Waals surface area (Å²) in [5.74, 6) is -1.37. The molecule has 0 amide bonds. The highest BCUT2D eigenvalue weighted by molar-refractivity contribution is 6.19. The topological polar surface area (TPSA) is 138 Å². The molecule has 1 aliphatic rings. The number of fused-ring (bicyclic) bond motifs is 1. The van der Waals surface area contributed by atoms with Crippen molar-refractivity contribution in [3.8, 4) is 0 Å². The van der Waals surface area contributed by atoms with E-state index in [1.165, 1.54) is 44.8 Å². The zero-order chi connectivity index (χ0) is 18.8. The molecule has 1 unspecified atom stereocenters. The molecule has 0 spiro atoms. The SMILES string of the molecule is COC(=O)C1=C(C(=O)OC)n2ncnc2NC1c1ccc([N+](=O)[O-])cc1. The van der Waals surface area contributed by atoms with E-state index in [9.17, 15) is 19.7 Å². The molecule has 0 fully saturated rings. The molecular formula is C15H13N5O6. The highest BCUT2D eigenvalue weighted by atomic mass is 16.6. The summed E-state index contributed by atoms with van der Waals surface area (Å²) in [4.78, 5) is 39.0. The zero-order valence-electron chi connectivity index (χ0n) is 13.7. The quantitative estimate of drug-likeness (QED) is 0.479. The number of anilines is 1. The second kappa shape index (κ2) is 6.63. The average Bonchev–Trinajstić information content (AvgIpc) is 3.13. The van der Waals surface area contributed by atoms with E-state index in [4.69, 9.17) is 9.47 Å². The van der Waals surface area contributed by atoms with Crippen molar-refractivity contribution in [3.63, 3.8) is 0 Å². The highest BCUT2D eigenvalue weighted by Gasteiger charge is 2.38. The minimum atomic E-state index is -0.839. The van der Waals surface area contributed by atoms with Gasteiger partial charge in [-0.1, -0.05) is 0 Å². The fourth-order valence-corrected chi connectivity index (χ4v) is 2.61. The summed E-state index contributed by atoms with van der Waals surface area (Å²) < 4.78 is 10.7. The third kappa shape index (κ3) is 2.75. The summed E-state index contributed by atoms with van der Waals surface area (Å²) >= 11 is 0. The van der Waals surface area contributed by atoms with Gasteiger partial charge in [-0.2, -0.15) is 14.8 Å². The number of carbonyl (C=O) groups excluding carboxylic acids is 2. The number of esters is 2. The predicted octanol–water partition coefficient (Wildman–Crippen LogP) is 0.910. The normalized spacial score (nSPS) is 15.7. The number of nitrogens with one attached hydrogen (secondary N) is 1. The van der Waals surface area contributed by atoms with Gasteiger partial charge in [-0.3, -0.25) is 10.1 Å². The van der Waals surface area contributed by atoms with E-state index in [2.05, 4.69) is 15.4 Å². The Hall–Kier alpha value is -3.76. The third-order valence-corrected chi connectivity index (χ3v) is 3.80. The number of nitro groups is 1. The van der Waals surface area contributed by atoms with Gasteiger partial charge >= 0.3 is 11.9 Å². The number of non-ortho nitro benzene ring substituents is 1. The lowest BCUT2D eigenvalue weighted by molar-refractivity contribution is -0.384. The van der Waals surface area contributed by atoms with Crippen molar-refractivity contribution in [2.75, 3.05) is 19.5 Å². The highest BCUT2D eigenvalue weighted by Crippen LogP contribution is 2.36. The van der Waals surface area contributed by atoms with Crippen molar-refractivity contribution >= 4 is 29.3 Å². The largest absolute Gasteiger partial charge is 0.466 e. The van der Waals surface area contributed by atoms with E-state index in [-0.39, 0.29) is 22.9 Å². The molecule has 0 bridgehead atoms. The lowest BCUT2D eigenvalue weighted by Crippen LogP contribution is -2.32. The van der Waals surface area contributed by atoms with Crippen molar-refractivity contribution in [2.45, 2.75) is 6.04 Å². The van der Waals surface area contributed by atoms with E-state index in [0.29, 0.717) is 5.56 Å². The molecule has 1 aliphatic heterocycles. The molecule has 11 heteroatoms. The van der Waals surface area contributed by atoms with Crippen molar-refractivity contribution < 1.29 is 24.0 Å². The Labute approximate surface area is 146 Å². The van der Waals surface area contributed by atoms with Crippen LogP contribution in [0.4, 0.5) is 11.6 Å². The van der Waals surface area contributed by atoms with E-state index >= 15 is 0 Å². The third-order valence-electron chi connectivity index (χ3n) is 3.80. The van der Waals surface area contributed by atoms with E-state index in [1.54, 1.807) is 0 Å². The standard InChI is InChI=1S/C15H13N5O6/c1-25-13(21)10-11(8-3-5-9(6-4-8)20(23)24)18-15-16-7-17-19(15)12(10)14(22)26-2/h3-7,11H,1-2H3,(H,16,17,18). The number of ether oxygens (including phenoxy) is 2. The lowest BCUT2D eigenvalue weighted by Gasteiger charge is -2.27. The van der Waals surface area contributed by atoms with Crippen LogP contribution in [0.15, 0.2) is 36.2 Å². The molecule has 26 heavy (non-hydrogen) atoms. The van der Waals surface area contributed by atoms with Crippen LogP contribution >= 0.6 is 0 Å². The molecule has 2 heterocycles. The summed E-state index contributed by atoms with van der Waals surface area (Å²) in [6.07, 6.45) is 1.21. The monoisotopic (exact) mass is 359 g/mol. The van der Waals surface area contributed by atoms with Crippen LogP contribution < -0.4 is 5.32 Å². The fourth-order valence-electron chi connectivity index (χ4n) is 2.61. The van der Waals surface area contributed by atoms with Crippen LogP contribution in [0, 0.1) is 10.1 Å². The maximum atomic E-state index is 12.4. The van der Waals surface area contributed by atoms with Gasteiger partial charge in [0.05, 0.1) is 30.8 Å². The van der Waals surface area contributed by atoms with Gasteiger partial charge in [-0.05, 0) is 17.7 Å². The maximum absolute atomic E-state index is 12.4. The minimum absolute atomic E-state index is 0.0498. The molecule has 0 radical (unpaired) electrons. The summed E-state index contributed by atoms with van der Waals surface area (Å²) in [5.41, 5.74) is 0.191. The molecule has 1 N–H and O–H groups in total. The number of nitrogens with zero attached hydrogens (tertiary/aromatic N) is 4. The molecule has 1 atom stereocenters. The minimum Gasteiger partial charge on any atom is -0.466 e. The number of nitro benzene ring substituents is 1. The van der Waals surface area contributed by atoms with E-state index in [1.807, 2.05) is 0 Å². The van der Waals surface area contributed by atoms with E-state index in [0.717, 1.165) is 4.68 Å². The summed E-state index contributed by atoms with van der Waals surface area (Å²) in [6, 6.07) is 4.69. The van der Waals surface area contributed by atoms with Gasteiger partial charge in [0.15, 0.2) is 5.70 Å². The van der Waals surface area contributed by atoms with Crippen molar-refractivity contribution in [1.29, 1.82) is 0 Å². The van der Waals surface area contributed by atoms with Gasteiger partial charge in [0, 0.05) is 12.1 Å². The number of benzene rings is 1. The summed E-state index contributed by atoms with van der Waals surface area (Å²) in [7, 11) is 2.34. The molecule has 0 aliphatic carbocycles. The maximum Gasteiger partial charge on any atom is 0.357 e. The van der Waals surface area contributed by atoms with Gasteiger partial charge in [-0.25, -0.2) is 9.59 Å². The Morgan fingerprint density at radius 3 is 2.42 bits per heavy atom. The molecule has 11 nitrogen and oxygen atoms in total. The zero-order valence-corrected chi connectivity index (χ0v) is 13.7. The van der Waals surface area contributed by atoms with Crippen LogP contribution in [-0.2, 0) is 19.1 Å². The van der Waals surface area contributed by atoms with Gasteiger partial charge in [0.25, 0.3) is 5.69 Å². The van der Waals surface area contributed by atoms with Gasteiger partial charge in [0.1, 0.15) is 6.33 Å². The Kier molecular flexibility index (Phi) is 4.35. The average molecular weight is 359 g/mol. The number of aromatic nitrogens is 3. The van der Waals surface area contributed by atoms with Gasteiger partial charge < -0.3 is 14.8 Å². The second-order valence-electron chi connectivity index (χ2n) is 5.17. The second-order valence-corrected chi connectivity index (χ2v) is 5.17. The summed E-state index contributed by atoms with van der Waals surface area (Å²) in [6.45, 7) is 0. The van der Waals surface area contributed by atoms with Crippen LogP contribution in [0.2, 0.25) is 0 Å². The first kappa shape index (κ1) is 17.1. The first-order valence-electron chi connectivity index (χ1n) is 7.30. The first-order valence-corrected chi connectivity index (χ1v) is 7.30. The Balaban J connectivity index is 2.19. The van der Waals surface area contributed by atoms with E-state index < -0.39 is 22.9 Å². The van der Waals surface area contributed by atoms with Gasteiger partial charge in [-0.15, -0.1) is 0 Å². The molecule has 1 aromatic carbocycles. The molecule has 3 rings (SSSR count). The molecule has 134 valence electrons. The predicted molar refractivity (Wildman–Crippen MR) is 86.7 cm³/mol. The van der Waals surface area contributed by atoms with Crippen molar-refractivity contribution in [2.24, 2.45) is 0 Å². The Morgan fingerprint density at radius 1 is 1.19 bits per heavy atom. The number of methoxy groups -OCH3 is 2. The fraction of sp³-hybridized carbons (Fsp3) is 0.200. The van der Waals surface area contributed by atoms with Gasteiger partial charge in [0.2, 0.25) is 5.95 Å². The summed E-state index contributed by atoms with van der Waals surface area (Å²) in [5, 5.41) is 17.7. The van der Waals surface area contributed by atoms with Crippen LogP contribution in [-0.4, -0.2) is 45.8 Å². The number of hydrogen-bond acceptors (Lipinski definition) is 9. The molecular weight excluding hydrogens is 346 g/mol. The number of hydrogen-bond donors (Lipinski definition) is 1. The Morgan fingerprint density at radius 2 is 1.85 bits per heavy atom. The molecule has 0 saturated heterocycles. The van der Waals surface area contributed by atoms with Crippen LogP contribution in [0.5, 0.6) is 0 Å². The smallest absolute Gasteiger partial charge is 0.357 e. The first-order chi connectivity index (χ1) is 12.5. The van der Waals surface area contributed by atoms with Crippen molar-refractivity contribution in [3.05, 3.63) is 51.8 Å². The Bertz CT molecular complexity index is 917. The van der Waals surface area contributed by atoms with Crippen LogP contribution in [0.3, 0.4) is 0 Å².